The van der Waals surface area contributed by atoms with Crippen molar-refractivity contribution in [3.8, 4) is 0 Å². The van der Waals surface area contributed by atoms with Gasteiger partial charge >= 0.3 is 10.4 Å². The van der Waals surface area contributed by atoms with Gasteiger partial charge in [0.25, 0.3) is 0 Å². The minimum Gasteiger partial charge on any atom is -0.394 e. The maximum Gasteiger partial charge on any atom is 0.397 e. The lowest BCUT2D eigenvalue weighted by Crippen LogP contribution is -2.53. The molecule has 4 N–H and O–H groups in total. The van der Waals surface area contributed by atoms with Gasteiger partial charge in [0.2, 0.25) is 0 Å². The van der Waals surface area contributed by atoms with Crippen LogP contribution < -0.4 is 0 Å². The number of hydrogen-bond acceptors (Lipinski definition) is 7. The fourth-order valence-electron chi connectivity index (χ4n) is 1.12. The molecule has 1 saturated heterocycles. The predicted molar refractivity (Wildman–Crippen MR) is 44.7 cm³/mol. The fourth-order valence-corrected chi connectivity index (χ4v) is 1.56. The standard InChI is InChI=1S/C6H11O8S/c7-1-3-5(8)6(9)4(2-13-3)14-15(10,11)12/h2-9H,1H2,(H,10,11,12)/t3-,4+,5+,6-/m1/s1. The van der Waals surface area contributed by atoms with Gasteiger partial charge < -0.3 is 20.1 Å². The van der Waals surface area contributed by atoms with Crippen molar-refractivity contribution < 1.29 is 37.2 Å². The lowest BCUT2D eigenvalue weighted by Gasteiger charge is -2.35. The van der Waals surface area contributed by atoms with Crippen LogP contribution in [-0.4, -0.2) is 59.3 Å². The molecule has 1 aliphatic rings. The van der Waals surface area contributed by atoms with E-state index in [0.717, 1.165) is 6.61 Å². The maximum absolute atomic E-state index is 10.3. The monoisotopic (exact) mass is 243 g/mol. The third-order valence-electron chi connectivity index (χ3n) is 1.87. The molecule has 1 fully saturated rings. The minimum absolute atomic E-state index is 0.548. The highest BCUT2D eigenvalue weighted by Crippen LogP contribution is 2.21. The van der Waals surface area contributed by atoms with Crippen LogP contribution in [0.5, 0.6) is 0 Å². The number of ether oxygens (including phenoxy) is 1. The van der Waals surface area contributed by atoms with Crippen molar-refractivity contribution in [1.82, 2.24) is 0 Å². The summed E-state index contributed by atoms with van der Waals surface area (Å²) in [6.07, 6.45) is -5.69. The van der Waals surface area contributed by atoms with E-state index in [9.17, 15) is 18.6 Å². The lowest BCUT2D eigenvalue weighted by molar-refractivity contribution is -0.164. The van der Waals surface area contributed by atoms with Crippen LogP contribution in [0.4, 0.5) is 0 Å². The van der Waals surface area contributed by atoms with E-state index in [1.807, 2.05) is 0 Å². The van der Waals surface area contributed by atoms with E-state index in [2.05, 4.69) is 8.92 Å². The van der Waals surface area contributed by atoms with Gasteiger partial charge in [-0.3, -0.25) is 4.55 Å². The molecule has 8 nitrogen and oxygen atoms in total. The van der Waals surface area contributed by atoms with Crippen molar-refractivity contribution in [3.63, 3.8) is 0 Å². The summed E-state index contributed by atoms with van der Waals surface area (Å²) in [5, 5.41) is 27.3. The predicted octanol–water partition coefficient (Wildman–Crippen LogP) is -2.55. The zero-order valence-corrected chi connectivity index (χ0v) is 8.24. The topological polar surface area (TPSA) is 134 Å². The van der Waals surface area contributed by atoms with E-state index in [4.69, 9.17) is 9.66 Å². The number of hydrogen-bond donors (Lipinski definition) is 4. The van der Waals surface area contributed by atoms with Gasteiger partial charge in [-0.05, 0) is 0 Å². The minimum atomic E-state index is -4.75. The van der Waals surface area contributed by atoms with Gasteiger partial charge in [-0.2, -0.15) is 8.42 Å². The first kappa shape index (κ1) is 12.8. The SMILES string of the molecule is O=S(=O)(O)O[C@H]1[CH]O[C@H](CO)[C@H](O)[C@@H]1O. The van der Waals surface area contributed by atoms with Gasteiger partial charge in [-0.1, -0.05) is 0 Å². The molecule has 0 spiro atoms. The quantitative estimate of drug-likeness (QED) is 0.398. The van der Waals surface area contributed by atoms with Crippen LogP contribution >= 0.6 is 0 Å². The van der Waals surface area contributed by atoms with Gasteiger partial charge in [0.15, 0.2) is 0 Å². The molecule has 1 radical (unpaired) electrons. The Morgan fingerprint density at radius 1 is 1.33 bits per heavy atom. The molecule has 4 atom stereocenters. The maximum atomic E-state index is 10.3. The molecule has 0 aromatic rings. The number of aliphatic hydroxyl groups excluding tert-OH is 3. The van der Waals surface area contributed by atoms with Crippen LogP contribution in [0, 0.1) is 6.61 Å². The molecule has 0 aromatic heterocycles. The summed E-state index contributed by atoms with van der Waals surface area (Å²) in [5.41, 5.74) is 0. The summed E-state index contributed by atoms with van der Waals surface area (Å²) in [6, 6.07) is 0. The van der Waals surface area contributed by atoms with Gasteiger partial charge in [0, 0.05) is 0 Å². The van der Waals surface area contributed by atoms with Crippen molar-refractivity contribution >= 4 is 10.4 Å². The summed E-state index contributed by atoms with van der Waals surface area (Å²) in [6.45, 7) is 0.235. The molecule has 0 unspecified atom stereocenters. The largest absolute Gasteiger partial charge is 0.397 e. The van der Waals surface area contributed by atoms with Crippen molar-refractivity contribution in [2.24, 2.45) is 0 Å². The zero-order valence-electron chi connectivity index (χ0n) is 7.42. The van der Waals surface area contributed by atoms with E-state index in [0.29, 0.717) is 0 Å². The van der Waals surface area contributed by atoms with Gasteiger partial charge in [-0.15, -0.1) is 0 Å². The molecular formula is C6H11O8S. The Bertz CT molecular complexity index is 300. The molecule has 1 rings (SSSR count). The van der Waals surface area contributed by atoms with Crippen LogP contribution in [0.15, 0.2) is 0 Å². The van der Waals surface area contributed by atoms with E-state index >= 15 is 0 Å². The Hall–Kier alpha value is -0.290. The molecule has 0 aliphatic carbocycles. The summed E-state index contributed by atoms with van der Waals surface area (Å²) < 4.78 is 37.7. The Labute approximate surface area is 86.0 Å². The molecule has 0 bridgehead atoms. The van der Waals surface area contributed by atoms with Crippen LogP contribution in [-0.2, 0) is 19.3 Å². The van der Waals surface area contributed by atoms with E-state index in [-0.39, 0.29) is 0 Å². The third-order valence-corrected chi connectivity index (χ3v) is 2.33. The Morgan fingerprint density at radius 2 is 1.93 bits per heavy atom. The molecule has 0 aromatic carbocycles. The zero-order chi connectivity index (χ0) is 11.6. The van der Waals surface area contributed by atoms with Gasteiger partial charge in [0.1, 0.15) is 31.0 Å². The molecule has 0 saturated carbocycles. The summed E-state index contributed by atoms with van der Waals surface area (Å²) >= 11 is 0. The summed E-state index contributed by atoms with van der Waals surface area (Å²) in [7, 11) is -4.75. The Balaban J connectivity index is 2.64. The van der Waals surface area contributed by atoms with E-state index in [1.165, 1.54) is 0 Å². The third kappa shape index (κ3) is 3.34. The summed E-state index contributed by atoms with van der Waals surface area (Å²) in [4.78, 5) is 0. The van der Waals surface area contributed by atoms with Crippen molar-refractivity contribution in [2.75, 3.05) is 6.61 Å². The fraction of sp³-hybridized carbons (Fsp3) is 0.833. The molecule has 89 valence electrons. The molecule has 9 heteroatoms. The number of rotatable bonds is 3. The van der Waals surface area contributed by atoms with Crippen molar-refractivity contribution in [3.05, 3.63) is 6.61 Å². The highest BCUT2D eigenvalue weighted by atomic mass is 32.3. The van der Waals surface area contributed by atoms with Crippen molar-refractivity contribution in [1.29, 1.82) is 0 Å². The smallest absolute Gasteiger partial charge is 0.394 e. The van der Waals surface area contributed by atoms with Crippen LogP contribution in [0.25, 0.3) is 0 Å². The second kappa shape index (κ2) is 4.70. The Morgan fingerprint density at radius 3 is 2.40 bits per heavy atom. The van der Waals surface area contributed by atoms with E-state index < -0.39 is 41.4 Å². The van der Waals surface area contributed by atoms with Gasteiger partial charge in [-0.25, -0.2) is 4.18 Å². The lowest BCUT2D eigenvalue weighted by atomic mass is 10.0. The highest BCUT2D eigenvalue weighted by Gasteiger charge is 2.41. The second-order valence-electron chi connectivity index (χ2n) is 2.96. The van der Waals surface area contributed by atoms with Crippen molar-refractivity contribution in [2.45, 2.75) is 24.4 Å². The van der Waals surface area contributed by atoms with Gasteiger partial charge in [0.05, 0.1) is 6.61 Å². The average molecular weight is 243 g/mol. The average Bonchev–Trinajstić information content (AvgIpc) is 2.11. The second-order valence-corrected chi connectivity index (χ2v) is 4.01. The number of aliphatic hydroxyl groups is 3. The Kier molecular flexibility index (Phi) is 4.00. The van der Waals surface area contributed by atoms with Crippen LogP contribution in [0.1, 0.15) is 0 Å². The van der Waals surface area contributed by atoms with Crippen LogP contribution in [0.2, 0.25) is 0 Å². The van der Waals surface area contributed by atoms with E-state index in [1.54, 1.807) is 0 Å². The molecule has 0 amide bonds. The first-order valence-electron chi connectivity index (χ1n) is 3.96. The highest BCUT2D eigenvalue weighted by molar-refractivity contribution is 7.80. The normalized spacial score (nSPS) is 37.9. The van der Waals surface area contributed by atoms with Crippen LogP contribution in [0.3, 0.4) is 0 Å². The summed E-state index contributed by atoms with van der Waals surface area (Å²) in [5.74, 6) is 0. The molecule has 1 aliphatic heterocycles. The first-order chi connectivity index (χ1) is 6.85. The molecule has 1 heterocycles. The first-order valence-corrected chi connectivity index (χ1v) is 5.33. The molecule has 15 heavy (non-hydrogen) atoms. The molecular weight excluding hydrogens is 232 g/mol.